The molecule has 148 valence electrons. The highest BCUT2D eigenvalue weighted by atomic mass is 32.2. The Morgan fingerprint density at radius 3 is 2.75 bits per heavy atom. The van der Waals surface area contributed by atoms with E-state index in [4.69, 9.17) is 0 Å². The predicted molar refractivity (Wildman–Crippen MR) is 113 cm³/mol. The monoisotopic (exact) mass is 397 g/mol. The van der Waals surface area contributed by atoms with Gasteiger partial charge >= 0.3 is 0 Å². The third kappa shape index (κ3) is 4.70. The number of hydrogen-bond acceptors (Lipinski definition) is 5. The minimum absolute atomic E-state index is 0.000737. The van der Waals surface area contributed by atoms with Gasteiger partial charge in [-0.15, -0.1) is 5.10 Å². The fourth-order valence-electron chi connectivity index (χ4n) is 3.08. The van der Waals surface area contributed by atoms with Gasteiger partial charge in [-0.25, -0.2) is 9.50 Å². The van der Waals surface area contributed by atoms with Gasteiger partial charge in [-0.05, 0) is 45.2 Å². The second-order valence-electron chi connectivity index (χ2n) is 7.20. The van der Waals surface area contributed by atoms with Crippen LogP contribution in [0.25, 0.3) is 5.78 Å². The molecule has 0 fully saturated rings. The third-order valence-electron chi connectivity index (χ3n) is 4.85. The van der Waals surface area contributed by atoms with Crippen LogP contribution in [-0.4, -0.2) is 37.3 Å². The second-order valence-corrected chi connectivity index (χ2v) is 8.14. The first-order chi connectivity index (χ1) is 13.4. The van der Waals surface area contributed by atoms with Gasteiger partial charge in [0.25, 0.3) is 5.78 Å². The van der Waals surface area contributed by atoms with Crippen LogP contribution in [-0.2, 0) is 11.2 Å². The number of rotatable bonds is 7. The van der Waals surface area contributed by atoms with Crippen molar-refractivity contribution in [3.05, 3.63) is 52.3 Å². The Morgan fingerprint density at radius 2 is 2.04 bits per heavy atom. The minimum atomic E-state index is -0.000737. The lowest BCUT2D eigenvalue weighted by atomic mass is 10.0. The number of benzene rings is 1. The van der Waals surface area contributed by atoms with Crippen LogP contribution < -0.4 is 5.32 Å². The Labute approximate surface area is 170 Å². The standard InChI is InChI=1S/C21H27N5OS/c1-6-14(3)22-19(27)12-28-21-24-20-23-15(4)18(16(5)26(20)25-21)11-17-9-7-8-13(2)10-17/h7-10,14H,6,11-12H2,1-5H3,(H,22,27)/t14-/m0/s1. The molecule has 2 heterocycles. The first-order valence-corrected chi connectivity index (χ1v) is 10.6. The number of hydrogen-bond donors (Lipinski definition) is 1. The van der Waals surface area contributed by atoms with Crippen LogP contribution >= 0.6 is 11.8 Å². The van der Waals surface area contributed by atoms with Crippen LogP contribution in [0.3, 0.4) is 0 Å². The zero-order valence-corrected chi connectivity index (χ0v) is 17.9. The summed E-state index contributed by atoms with van der Waals surface area (Å²) in [5.74, 6) is 0.877. The van der Waals surface area contributed by atoms with E-state index in [2.05, 4.69) is 51.6 Å². The quantitative estimate of drug-likeness (QED) is 0.616. The summed E-state index contributed by atoms with van der Waals surface area (Å²) >= 11 is 1.34. The van der Waals surface area contributed by atoms with Gasteiger partial charge in [-0.3, -0.25) is 4.79 Å². The molecule has 0 bridgehead atoms. The minimum Gasteiger partial charge on any atom is -0.353 e. The normalized spacial score (nSPS) is 12.3. The van der Waals surface area contributed by atoms with Crippen LogP contribution in [0, 0.1) is 20.8 Å². The summed E-state index contributed by atoms with van der Waals surface area (Å²) in [6.07, 6.45) is 1.72. The number of nitrogens with zero attached hydrogens (tertiary/aromatic N) is 4. The van der Waals surface area contributed by atoms with Gasteiger partial charge in [0.15, 0.2) is 0 Å². The molecule has 1 N–H and O–H groups in total. The van der Waals surface area contributed by atoms with Crippen LogP contribution in [0.2, 0.25) is 0 Å². The molecule has 3 rings (SSSR count). The van der Waals surface area contributed by atoms with Crippen molar-refractivity contribution in [2.24, 2.45) is 0 Å². The van der Waals surface area contributed by atoms with E-state index in [9.17, 15) is 4.79 Å². The van der Waals surface area contributed by atoms with Gasteiger partial charge in [-0.1, -0.05) is 48.5 Å². The summed E-state index contributed by atoms with van der Waals surface area (Å²) in [7, 11) is 0. The van der Waals surface area contributed by atoms with E-state index in [0.717, 1.165) is 29.8 Å². The Bertz CT molecular complexity index is 998. The van der Waals surface area contributed by atoms with Gasteiger partial charge < -0.3 is 5.32 Å². The van der Waals surface area contributed by atoms with Gasteiger partial charge in [0.05, 0.1) is 5.75 Å². The molecule has 2 aromatic heterocycles. The average molecular weight is 398 g/mol. The van der Waals surface area contributed by atoms with E-state index >= 15 is 0 Å². The number of fused-ring (bicyclic) bond motifs is 1. The number of amides is 1. The molecule has 7 heteroatoms. The SMILES string of the molecule is CC[C@H](C)NC(=O)CSc1nc2nc(C)c(Cc3cccc(C)c3)c(C)n2n1. The largest absolute Gasteiger partial charge is 0.353 e. The maximum absolute atomic E-state index is 12.0. The van der Waals surface area contributed by atoms with E-state index in [-0.39, 0.29) is 11.9 Å². The first kappa shape index (κ1) is 20.3. The number of carbonyl (C=O) groups excluding carboxylic acids is 1. The Kier molecular flexibility index (Phi) is 6.34. The van der Waals surface area contributed by atoms with Gasteiger partial charge in [0, 0.05) is 23.9 Å². The van der Waals surface area contributed by atoms with Gasteiger partial charge in [0.1, 0.15) is 0 Å². The van der Waals surface area contributed by atoms with E-state index in [1.165, 1.54) is 22.9 Å². The molecule has 0 aliphatic carbocycles. The zero-order chi connectivity index (χ0) is 20.3. The molecule has 28 heavy (non-hydrogen) atoms. The van der Waals surface area contributed by atoms with Crippen LogP contribution in [0.15, 0.2) is 29.4 Å². The smallest absolute Gasteiger partial charge is 0.253 e. The topological polar surface area (TPSA) is 72.2 Å². The number of thioether (sulfide) groups is 1. The lowest BCUT2D eigenvalue weighted by molar-refractivity contribution is -0.119. The van der Waals surface area contributed by atoms with E-state index in [1.54, 1.807) is 4.52 Å². The molecular formula is C21H27N5OS. The van der Waals surface area contributed by atoms with Crippen molar-refractivity contribution in [2.75, 3.05) is 5.75 Å². The lowest BCUT2D eigenvalue weighted by Gasteiger charge is -2.10. The number of carbonyl (C=O) groups is 1. The summed E-state index contributed by atoms with van der Waals surface area (Å²) in [6.45, 7) is 10.2. The number of aryl methyl sites for hydroxylation is 3. The Balaban J connectivity index is 1.80. The fourth-order valence-corrected chi connectivity index (χ4v) is 3.71. The van der Waals surface area contributed by atoms with Crippen molar-refractivity contribution in [1.29, 1.82) is 0 Å². The number of nitrogens with one attached hydrogen (secondary N) is 1. The summed E-state index contributed by atoms with van der Waals surface area (Å²) in [5.41, 5.74) is 5.66. The average Bonchev–Trinajstić information content (AvgIpc) is 3.06. The highest BCUT2D eigenvalue weighted by molar-refractivity contribution is 7.99. The Morgan fingerprint density at radius 1 is 1.25 bits per heavy atom. The molecule has 0 aliphatic rings. The molecule has 0 saturated heterocycles. The van der Waals surface area contributed by atoms with E-state index in [1.807, 2.05) is 27.7 Å². The molecule has 3 aromatic rings. The second kappa shape index (κ2) is 8.73. The maximum atomic E-state index is 12.0. The van der Waals surface area contributed by atoms with E-state index < -0.39 is 0 Å². The van der Waals surface area contributed by atoms with Crippen molar-refractivity contribution in [2.45, 2.75) is 58.7 Å². The van der Waals surface area contributed by atoms with E-state index in [0.29, 0.717) is 16.7 Å². The fraction of sp³-hybridized carbons (Fsp3) is 0.429. The molecule has 0 spiro atoms. The summed E-state index contributed by atoms with van der Waals surface area (Å²) in [5, 5.41) is 8.10. The van der Waals surface area contributed by atoms with Crippen molar-refractivity contribution < 1.29 is 4.79 Å². The van der Waals surface area contributed by atoms with Crippen molar-refractivity contribution in [1.82, 2.24) is 24.9 Å². The third-order valence-corrected chi connectivity index (χ3v) is 5.68. The molecule has 1 amide bonds. The van der Waals surface area contributed by atoms with Crippen LogP contribution in [0.5, 0.6) is 0 Å². The summed E-state index contributed by atoms with van der Waals surface area (Å²) < 4.78 is 1.78. The van der Waals surface area contributed by atoms with Crippen LogP contribution in [0.1, 0.15) is 48.3 Å². The predicted octanol–water partition coefficient (Wildman–Crippen LogP) is 3.65. The Hall–Kier alpha value is -2.41. The highest BCUT2D eigenvalue weighted by Crippen LogP contribution is 2.21. The molecule has 0 aliphatic heterocycles. The molecule has 1 aromatic carbocycles. The molecular weight excluding hydrogens is 370 g/mol. The lowest BCUT2D eigenvalue weighted by Crippen LogP contribution is -2.33. The van der Waals surface area contributed by atoms with Gasteiger partial charge in [0.2, 0.25) is 11.1 Å². The van der Waals surface area contributed by atoms with Crippen molar-refractivity contribution in [3.63, 3.8) is 0 Å². The summed E-state index contributed by atoms with van der Waals surface area (Å²) in [4.78, 5) is 21.1. The maximum Gasteiger partial charge on any atom is 0.253 e. The molecule has 1 atom stereocenters. The molecule has 0 saturated carbocycles. The number of aromatic nitrogens is 4. The molecule has 6 nitrogen and oxygen atoms in total. The zero-order valence-electron chi connectivity index (χ0n) is 17.1. The highest BCUT2D eigenvalue weighted by Gasteiger charge is 2.15. The summed E-state index contributed by atoms with van der Waals surface area (Å²) in [6, 6.07) is 8.69. The van der Waals surface area contributed by atoms with Crippen molar-refractivity contribution in [3.8, 4) is 0 Å². The molecule has 0 unspecified atom stereocenters. The van der Waals surface area contributed by atoms with Crippen molar-refractivity contribution >= 4 is 23.4 Å². The molecule has 0 radical (unpaired) electrons. The van der Waals surface area contributed by atoms with Gasteiger partial charge in [-0.2, -0.15) is 4.98 Å². The van der Waals surface area contributed by atoms with Crippen LogP contribution in [0.4, 0.5) is 0 Å². The first-order valence-electron chi connectivity index (χ1n) is 9.58.